The molecule has 0 aliphatic rings. The van der Waals surface area contributed by atoms with Gasteiger partial charge >= 0.3 is 6.18 Å². The van der Waals surface area contributed by atoms with Crippen LogP contribution in [-0.4, -0.2) is 28.3 Å². The number of rotatable bonds is 6. The third-order valence-electron chi connectivity index (χ3n) is 4.17. The number of carbonyl (C=O) groups is 1. The minimum absolute atomic E-state index is 0.0703. The van der Waals surface area contributed by atoms with E-state index in [1.165, 1.54) is 18.2 Å². The smallest absolute Gasteiger partial charge is 0.418 e. The Morgan fingerprint density at radius 1 is 1.17 bits per heavy atom. The van der Waals surface area contributed by atoms with Crippen molar-refractivity contribution in [1.82, 2.24) is 9.55 Å². The van der Waals surface area contributed by atoms with Crippen LogP contribution in [0.15, 0.2) is 59.9 Å². The van der Waals surface area contributed by atoms with Crippen LogP contribution in [-0.2, 0) is 18.0 Å². The number of carbonyl (C=O) groups excluding carboxylic acids is 1. The average molecular weight is 421 g/mol. The fraction of sp³-hybridized carbons (Fsp3) is 0.200. The van der Waals surface area contributed by atoms with Gasteiger partial charge in [0.2, 0.25) is 5.91 Å². The Morgan fingerprint density at radius 2 is 1.86 bits per heavy atom. The molecule has 0 atom stereocenters. The number of thioether (sulfide) groups is 1. The molecule has 29 heavy (non-hydrogen) atoms. The lowest BCUT2D eigenvalue weighted by atomic mass is 10.1. The quantitative estimate of drug-likeness (QED) is 0.579. The Morgan fingerprint density at radius 3 is 2.52 bits per heavy atom. The van der Waals surface area contributed by atoms with E-state index in [9.17, 15) is 18.0 Å². The molecule has 3 rings (SSSR count). The van der Waals surface area contributed by atoms with Crippen molar-refractivity contribution in [1.29, 1.82) is 0 Å². The molecule has 1 amide bonds. The van der Waals surface area contributed by atoms with Crippen LogP contribution in [0.5, 0.6) is 5.75 Å². The summed E-state index contributed by atoms with van der Waals surface area (Å²) in [6, 6.07) is 12.3. The maximum absolute atomic E-state index is 13.0. The number of amides is 1. The molecule has 0 fully saturated rings. The topological polar surface area (TPSA) is 56.1 Å². The van der Waals surface area contributed by atoms with E-state index < -0.39 is 17.6 Å². The van der Waals surface area contributed by atoms with Crippen molar-refractivity contribution < 1.29 is 22.7 Å². The van der Waals surface area contributed by atoms with Crippen molar-refractivity contribution in [3.05, 3.63) is 60.3 Å². The summed E-state index contributed by atoms with van der Waals surface area (Å²) in [4.78, 5) is 16.5. The summed E-state index contributed by atoms with van der Waals surface area (Å²) in [7, 11) is 3.40. The predicted octanol–water partition coefficient (Wildman–Crippen LogP) is 4.85. The number of benzene rings is 2. The normalized spacial score (nSPS) is 11.3. The van der Waals surface area contributed by atoms with Gasteiger partial charge in [0.15, 0.2) is 5.16 Å². The SMILES string of the molecule is COc1ccc(-c2cnc(SCC(=O)Nc3ccccc3C(F)(F)F)n2C)cc1. The Bertz CT molecular complexity index is 1000. The van der Waals surface area contributed by atoms with Gasteiger partial charge in [-0.2, -0.15) is 13.2 Å². The fourth-order valence-corrected chi connectivity index (χ4v) is 3.46. The summed E-state index contributed by atoms with van der Waals surface area (Å²) >= 11 is 1.14. The van der Waals surface area contributed by atoms with Crippen LogP contribution in [0.25, 0.3) is 11.3 Å². The molecule has 0 saturated carbocycles. The van der Waals surface area contributed by atoms with Gasteiger partial charge in [-0.3, -0.25) is 4.79 Å². The molecule has 5 nitrogen and oxygen atoms in total. The van der Waals surface area contributed by atoms with E-state index in [0.717, 1.165) is 34.8 Å². The van der Waals surface area contributed by atoms with Gasteiger partial charge < -0.3 is 14.6 Å². The second kappa shape index (κ2) is 8.60. The fourth-order valence-electron chi connectivity index (χ4n) is 2.71. The third kappa shape index (κ3) is 4.92. The Balaban J connectivity index is 1.66. The van der Waals surface area contributed by atoms with Crippen molar-refractivity contribution in [3.63, 3.8) is 0 Å². The molecule has 0 radical (unpaired) electrons. The number of halogens is 3. The van der Waals surface area contributed by atoms with Gasteiger partial charge in [0, 0.05) is 12.6 Å². The Hall–Kier alpha value is -2.94. The van der Waals surface area contributed by atoms with Crippen molar-refractivity contribution in [3.8, 4) is 17.0 Å². The van der Waals surface area contributed by atoms with Gasteiger partial charge in [-0.15, -0.1) is 0 Å². The molecule has 1 N–H and O–H groups in total. The van der Waals surface area contributed by atoms with E-state index in [1.807, 2.05) is 35.9 Å². The zero-order valence-electron chi connectivity index (χ0n) is 15.7. The highest BCUT2D eigenvalue weighted by atomic mass is 32.2. The number of nitrogens with one attached hydrogen (secondary N) is 1. The maximum atomic E-state index is 13.0. The average Bonchev–Trinajstić information content (AvgIpc) is 3.06. The van der Waals surface area contributed by atoms with E-state index in [-0.39, 0.29) is 11.4 Å². The number of para-hydroxylation sites is 1. The minimum Gasteiger partial charge on any atom is -0.497 e. The number of methoxy groups -OCH3 is 1. The monoisotopic (exact) mass is 421 g/mol. The van der Waals surface area contributed by atoms with E-state index >= 15 is 0 Å². The lowest BCUT2D eigenvalue weighted by molar-refractivity contribution is -0.137. The van der Waals surface area contributed by atoms with Crippen molar-refractivity contribution in [2.75, 3.05) is 18.2 Å². The third-order valence-corrected chi connectivity index (χ3v) is 5.21. The maximum Gasteiger partial charge on any atom is 0.418 e. The van der Waals surface area contributed by atoms with Gasteiger partial charge in [0.05, 0.1) is 36.0 Å². The van der Waals surface area contributed by atoms with Crippen LogP contribution in [0.2, 0.25) is 0 Å². The first-order valence-electron chi connectivity index (χ1n) is 8.54. The highest BCUT2D eigenvalue weighted by molar-refractivity contribution is 7.99. The van der Waals surface area contributed by atoms with Gasteiger partial charge in [-0.1, -0.05) is 23.9 Å². The molecule has 9 heteroatoms. The lowest BCUT2D eigenvalue weighted by Crippen LogP contribution is -2.18. The number of anilines is 1. The molecule has 0 unspecified atom stereocenters. The van der Waals surface area contributed by atoms with Crippen LogP contribution in [0.1, 0.15) is 5.56 Å². The zero-order valence-corrected chi connectivity index (χ0v) is 16.5. The van der Waals surface area contributed by atoms with E-state index in [4.69, 9.17) is 4.74 Å². The first kappa shape index (κ1) is 20.8. The van der Waals surface area contributed by atoms with Gasteiger partial charge in [0.25, 0.3) is 0 Å². The second-order valence-corrected chi connectivity index (χ2v) is 7.04. The number of nitrogens with zero attached hydrogens (tertiary/aromatic N) is 2. The van der Waals surface area contributed by atoms with Crippen LogP contribution in [0.3, 0.4) is 0 Å². The second-order valence-electron chi connectivity index (χ2n) is 6.09. The predicted molar refractivity (Wildman–Crippen MR) is 106 cm³/mol. The summed E-state index contributed by atoms with van der Waals surface area (Å²) in [6.07, 6.45) is -2.86. The summed E-state index contributed by atoms with van der Waals surface area (Å²) in [5.74, 6) is 0.126. The van der Waals surface area contributed by atoms with Crippen LogP contribution < -0.4 is 10.1 Å². The van der Waals surface area contributed by atoms with Crippen molar-refractivity contribution in [2.45, 2.75) is 11.3 Å². The number of ether oxygens (including phenoxy) is 1. The number of hydrogen-bond donors (Lipinski definition) is 1. The number of alkyl halides is 3. The van der Waals surface area contributed by atoms with Crippen LogP contribution in [0, 0.1) is 0 Å². The molecule has 152 valence electrons. The lowest BCUT2D eigenvalue weighted by Gasteiger charge is -2.13. The molecule has 0 aliphatic heterocycles. The molecule has 1 heterocycles. The highest BCUT2D eigenvalue weighted by Crippen LogP contribution is 2.34. The molecule has 0 saturated heterocycles. The van der Waals surface area contributed by atoms with E-state index in [2.05, 4.69) is 10.3 Å². The molecule has 2 aromatic carbocycles. The molecule has 3 aromatic rings. The molecule has 0 aliphatic carbocycles. The highest BCUT2D eigenvalue weighted by Gasteiger charge is 2.33. The van der Waals surface area contributed by atoms with Gasteiger partial charge in [-0.05, 0) is 36.4 Å². The van der Waals surface area contributed by atoms with E-state index in [0.29, 0.717) is 5.16 Å². The minimum atomic E-state index is -4.54. The Kier molecular flexibility index (Phi) is 6.17. The van der Waals surface area contributed by atoms with E-state index in [1.54, 1.807) is 13.3 Å². The molecule has 0 bridgehead atoms. The van der Waals surface area contributed by atoms with Crippen LogP contribution >= 0.6 is 11.8 Å². The Labute approximate surface area is 169 Å². The molecule has 0 spiro atoms. The number of aromatic nitrogens is 2. The standard InChI is InChI=1S/C20H18F3N3O2S/c1-26-17(13-7-9-14(28-2)10-8-13)11-24-19(26)29-12-18(27)25-16-6-4-3-5-15(16)20(21,22)23/h3-11H,12H2,1-2H3,(H,25,27). The van der Waals surface area contributed by atoms with Gasteiger partial charge in [0.1, 0.15) is 5.75 Å². The van der Waals surface area contributed by atoms with Gasteiger partial charge in [-0.25, -0.2) is 4.98 Å². The zero-order chi connectivity index (χ0) is 21.0. The first-order chi connectivity index (χ1) is 13.8. The van der Waals surface area contributed by atoms with Crippen molar-refractivity contribution >= 4 is 23.4 Å². The molecular weight excluding hydrogens is 403 g/mol. The molecule has 1 aromatic heterocycles. The van der Waals surface area contributed by atoms with Crippen LogP contribution in [0.4, 0.5) is 18.9 Å². The molecular formula is C20H18F3N3O2S. The number of imidazole rings is 1. The number of hydrogen-bond acceptors (Lipinski definition) is 4. The van der Waals surface area contributed by atoms with Crippen molar-refractivity contribution in [2.24, 2.45) is 7.05 Å². The summed E-state index contributed by atoms with van der Waals surface area (Å²) in [5.41, 5.74) is 0.635. The first-order valence-corrected chi connectivity index (χ1v) is 9.53. The summed E-state index contributed by atoms with van der Waals surface area (Å²) in [5, 5.41) is 2.91. The summed E-state index contributed by atoms with van der Waals surface area (Å²) < 4.78 is 46.1. The summed E-state index contributed by atoms with van der Waals surface area (Å²) in [6.45, 7) is 0. The largest absolute Gasteiger partial charge is 0.497 e.